The summed E-state index contributed by atoms with van der Waals surface area (Å²) >= 11 is 3.74. The van der Waals surface area contributed by atoms with E-state index in [2.05, 4.69) is 12.6 Å². The minimum atomic E-state index is -0.914. The first kappa shape index (κ1) is 8.23. The van der Waals surface area contributed by atoms with Crippen molar-refractivity contribution in [2.24, 2.45) is 0 Å². The first-order valence-electron chi connectivity index (χ1n) is 2.30. The van der Waals surface area contributed by atoms with Crippen molar-refractivity contribution in [1.82, 2.24) is 0 Å². The second-order valence-corrected chi connectivity index (χ2v) is 2.16. The average molecular weight is 138 g/mol. The molecule has 2 atom stereocenters. The highest BCUT2D eigenvalue weighted by Crippen LogP contribution is 1.98. The van der Waals surface area contributed by atoms with Crippen LogP contribution in [0.1, 0.15) is 0 Å². The first-order chi connectivity index (χ1) is 3.72. The quantitative estimate of drug-likeness (QED) is 0.364. The molecule has 0 aliphatic rings. The van der Waals surface area contributed by atoms with Gasteiger partial charge in [0.2, 0.25) is 0 Å². The molecular formula is C4H10O3S. The van der Waals surface area contributed by atoms with Crippen molar-refractivity contribution in [3.63, 3.8) is 0 Å². The van der Waals surface area contributed by atoms with Crippen LogP contribution in [0.3, 0.4) is 0 Å². The summed E-state index contributed by atoms with van der Waals surface area (Å²) in [7, 11) is 0. The Balaban J connectivity index is 3.29. The van der Waals surface area contributed by atoms with Crippen LogP contribution in [0, 0.1) is 0 Å². The number of aliphatic hydroxyl groups excluding tert-OH is 3. The van der Waals surface area contributed by atoms with E-state index in [1.807, 2.05) is 0 Å². The zero-order valence-corrected chi connectivity index (χ0v) is 5.25. The molecule has 0 amide bonds. The summed E-state index contributed by atoms with van der Waals surface area (Å²) in [6.45, 7) is -0.570. The standard InChI is InChI=1S/C4H10O3S/c5-1-3(7)4(8)2-6/h3-8H,1-2H2/t3?,4-/m1/s1. The monoisotopic (exact) mass is 138 g/mol. The van der Waals surface area contributed by atoms with E-state index in [0.717, 1.165) is 0 Å². The third-order valence-electron chi connectivity index (χ3n) is 0.818. The molecule has 0 spiro atoms. The van der Waals surface area contributed by atoms with Crippen LogP contribution in [0.2, 0.25) is 0 Å². The van der Waals surface area contributed by atoms with Gasteiger partial charge >= 0.3 is 0 Å². The highest BCUT2D eigenvalue weighted by atomic mass is 32.1. The van der Waals surface area contributed by atoms with Gasteiger partial charge in [0.15, 0.2) is 0 Å². The molecule has 50 valence electrons. The van der Waals surface area contributed by atoms with Gasteiger partial charge in [-0.1, -0.05) is 0 Å². The van der Waals surface area contributed by atoms with Crippen LogP contribution >= 0.6 is 12.6 Å². The van der Waals surface area contributed by atoms with Crippen molar-refractivity contribution in [3.05, 3.63) is 0 Å². The van der Waals surface area contributed by atoms with Gasteiger partial charge in [-0.15, -0.1) is 0 Å². The third-order valence-corrected chi connectivity index (χ3v) is 1.33. The van der Waals surface area contributed by atoms with Gasteiger partial charge in [0.05, 0.1) is 24.6 Å². The third kappa shape index (κ3) is 2.52. The van der Waals surface area contributed by atoms with E-state index < -0.39 is 11.4 Å². The molecule has 0 aliphatic heterocycles. The molecule has 8 heavy (non-hydrogen) atoms. The van der Waals surface area contributed by atoms with E-state index in [1.165, 1.54) is 0 Å². The Morgan fingerprint density at radius 3 is 1.88 bits per heavy atom. The van der Waals surface area contributed by atoms with Crippen LogP contribution in [0.15, 0.2) is 0 Å². The van der Waals surface area contributed by atoms with E-state index in [1.54, 1.807) is 0 Å². The van der Waals surface area contributed by atoms with Gasteiger partial charge in [-0.25, -0.2) is 0 Å². The molecular weight excluding hydrogens is 128 g/mol. The number of rotatable bonds is 3. The van der Waals surface area contributed by atoms with Gasteiger partial charge in [-0.3, -0.25) is 0 Å². The van der Waals surface area contributed by atoms with Gasteiger partial charge in [-0.2, -0.15) is 12.6 Å². The fourth-order valence-electron chi connectivity index (χ4n) is 0.243. The Kier molecular flexibility index (Phi) is 4.26. The molecule has 0 heterocycles. The Morgan fingerprint density at radius 1 is 1.25 bits per heavy atom. The van der Waals surface area contributed by atoms with Crippen LogP contribution in [0.25, 0.3) is 0 Å². The van der Waals surface area contributed by atoms with Crippen LogP contribution in [-0.2, 0) is 0 Å². The second kappa shape index (κ2) is 4.14. The van der Waals surface area contributed by atoms with Gasteiger partial charge < -0.3 is 15.3 Å². The van der Waals surface area contributed by atoms with E-state index >= 15 is 0 Å². The van der Waals surface area contributed by atoms with Crippen LogP contribution < -0.4 is 0 Å². The topological polar surface area (TPSA) is 60.7 Å². The van der Waals surface area contributed by atoms with Gasteiger partial charge in [0.25, 0.3) is 0 Å². The Bertz CT molecular complexity index is 51.2. The van der Waals surface area contributed by atoms with Crippen LogP contribution in [-0.4, -0.2) is 39.9 Å². The lowest BCUT2D eigenvalue weighted by Gasteiger charge is -2.11. The predicted molar refractivity (Wildman–Crippen MR) is 33.0 cm³/mol. The lowest BCUT2D eigenvalue weighted by molar-refractivity contribution is 0.0782. The van der Waals surface area contributed by atoms with Crippen molar-refractivity contribution in [2.75, 3.05) is 13.2 Å². The van der Waals surface area contributed by atoms with Crippen molar-refractivity contribution in [2.45, 2.75) is 11.4 Å². The smallest absolute Gasteiger partial charge is 0.0908 e. The molecule has 4 heteroatoms. The minimum absolute atomic E-state index is 0.217. The SMILES string of the molecule is OCC(O)[C@H](S)CO. The van der Waals surface area contributed by atoms with Crippen molar-refractivity contribution in [1.29, 1.82) is 0 Å². The Hall–Kier alpha value is 0.230. The summed E-state index contributed by atoms with van der Waals surface area (Å²) in [5, 5.41) is 24.6. The maximum atomic E-state index is 8.64. The number of thiol groups is 1. The maximum Gasteiger partial charge on any atom is 0.0908 e. The zero-order valence-electron chi connectivity index (χ0n) is 4.36. The first-order valence-corrected chi connectivity index (χ1v) is 2.82. The summed E-state index contributed by atoms with van der Waals surface area (Å²) in [5.74, 6) is 0. The molecule has 0 bridgehead atoms. The molecule has 0 fully saturated rings. The van der Waals surface area contributed by atoms with Crippen molar-refractivity contribution < 1.29 is 15.3 Å². The van der Waals surface area contributed by atoms with Gasteiger partial charge in [0.1, 0.15) is 0 Å². The summed E-state index contributed by atoms with van der Waals surface area (Å²) in [5.41, 5.74) is 0. The van der Waals surface area contributed by atoms with Crippen LogP contribution in [0.5, 0.6) is 0 Å². The molecule has 0 radical (unpaired) electrons. The summed E-state index contributed by atoms with van der Waals surface area (Å²) in [4.78, 5) is 0. The summed E-state index contributed by atoms with van der Waals surface area (Å²) in [6.07, 6.45) is -0.914. The molecule has 0 saturated carbocycles. The fraction of sp³-hybridized carbons (Fsp3) is 1.00. The lowest BCUT2D eigenvalue weighted by atomic mass is 10.3. The molecule has 0 rings (SSSR count). The fourth-order valence-corrected chi connectivity index (χ4v) is 0.338. The Morgan fingerprint density at radius 2 is 1.75 bits per heavy atom. The maximum absolute atomic E-state index is 8.64. The van der Waals surface area contributed by atoms with E-state index in [0.29, 0.717) is 0 Å². The van der Waals surface area contributed by atoms with Gasteiger partial charge in [0, 0.05) is 0 Å². The van der Waals surface area contributed by atoms with Crippen molar-refractivity contribution >= 4 is 12.6 Å². The number of hydrogen-bond acceptors (Lipinski definition) is 4. The molecule has 3 nitrogen and oxygen atoms in total. The van der Waals surface area contributed by atoms with E-state index in [4.69, 9.17) is 15.3 Å². The molecule has 0 aromatic rings. The molecule has 0 aliphatic carbocycles. The normalized spacial score (nSPS) is 18.0. The number of hydrogen-bond donors (Lipinski definition) is 4. The molecule has 1 unspecified atom stereocenters. The zero-order chi connectivity index (χ0) is 6.57. The minimum Gasteiger partial charge on any atom is -0.395 e. The molecule has 0 aromatic heterocycles. The average Bonchev–Trinajstić information content (AvgIpc) is 1.84. The van der Waals surface area contributed by atoms with E-state index in [9.17, 15) is 0 Å². The predicted octanol–water partition coefficient (Wildman–Crippen LogP) is -1.37. The summed E-state index contributed by atoms with van der Waals surface area (Å²) < 4.78 is 0. The van der Waals surface area contributed by atoms with Crippen LogP contribution in [0.4, 0.5) is 0 Å². The molecule has 0 saturated heterocycles. The second-order valence-electron chi connectivity index (χ2n) is 1.50. The lowest BCUT2D eigenvalue weighted by Crippen LogP contribution is -2.27. The van der Waals surface area contributed by atoms with E-state index in [-0.39, 0.29) is 13.2 Å². The number of aliphatic hydroxyl groups is 3. The highest BCUT2D eigenvalue weighted by Gasteiger charge is 2.11. The molecule has 0 aromatic carbocycles. The van der Waals surface area contributed by atoms with Crippen molar-refractivity contribution in [3.8, 4) is 0 Å². The highest BCUT2D eigenvalue weighted by molar-refractivity contribution is 7.81. The van der Waals surface area contributed by atoms with Gasteiger partial charge in [-0.05, 0) is 0 Å². The molecule has 3 N–H and O–H groups in total. The summed E-state index contributed by atoms with van der Waals surface area (Å²) in [6, 6.07) is 0. The largest absolute Gasteiger partial charge is 0.395 e. The Labute approximate surface area is 53.4 Å².